The van der Waals surface area contributed by atoms with E-state index in [-0.39, 0.29) is 0 Å². The lowest BCUT2D eigenvalue weighted by Gasteiger charge is -2.30. The van der Waals surface area contributed by atoms with E-state index in [1.807, 2.05) is 30.4 Å². The van der Waals surface area contributed by atoms with Gasteiger partial charge in [-0.1, -0.05) is 0 Å². The number of hydrogen-bond donors (Lipinski definition) is 2. The van der Waals surface area contributed by atoms with Crippen molar-refractivity contribution in [2.45, 2.75) is 19.4 Å². The molecule has 0 atom stereocenters. The molecule has 32 heavy (non-hydrogen) atoms. The molecule has 164 valence electrons. The molecule has 3 aliphatic rings. The normalized spacial score (nSPS) is 18.0. The van der Waals surface area contributed by atoms with E-state index < -0.39 is 0 Å². The van der Waals surface area contributed by atoms with Gasteiger partial charge < -0.3 is 20.3 Å². The van der Waals surface area contributed by atoms with Gasteiger partial charge >= 0.3 is 0 Å². The number of anilines is 3. The summed E-state index contributed by atoms with van der Waals surface area (Å²) in [7, 11) is 0. The van der Waals surface area contributed by atoms with Crippen LogP contribution in [0.2, 0.25) is 0 Å². The molecule has 0 unspecified atom stereocenters. The molecule has 0 saturated carbocycles. The fourth-order valence-electron chi connectivity index (χ4n) is 4.50. The van der Waals surface area contributed by atoms with Crippen LogP contribution in [0.5, 0.6) is 5.75 Å². The Morgan fingerprint density at radius 3 is 2.62 bits per heavy atom. The maximum atomic E-state index is 6.33. The summed E-state index contributed by atoms with van der Waals surface area (Å²) in [5.41, 5.74) is 6.45. The largest absolute Gasteiger partial charge is 0.486 e. The Hall–Kier alpha value is -2.84. The minimum Gasteiger partial charge on any atom is -0.486 e. The molecule has 7 nitrogen and oxygen atoms in total. The third kappa shape index (κ3) is 3.57. The molecule has 2 N–H and O–H groups in total. The number of nitrogens with zero attached hydrogens (tertiary/aromatic N) is 4. The van der Waals surface area contributed by atoms with Crippen molar-refractivity contribution < 1.29 is 4.74 Å². The van der Waals surface area contributed by atoms with Gasteiger partial charge in [0.2, 0.25) is 0 Å². The van der Waals surface area contributed by atoms with Crippen molar-refractivity contribution >= 4 is 29.0 Å². The Morgan fingerprint density at radius 2 is 1.88 bits per heavy atom. The Morgan fingerprint density at radius 1 is 1.06 bits per heavy atom. The Bertz CT molecular complexity index is 1140. The van der Waals surface area contributed by atoms with Crippen molar-refractivity contribution in [1.29, 1.82) is 0 Å². The third-order valence-electron chi connectivity index (χ3n) is 6.42. The van der Waals surface area contributed by atoms with E-state index >= 15 is 0 Å². The van der Waals surface area contributed by atoms with Crippen molar-refractivity contribution in [3.63, 3.8) is 0 Å². The van der Waals surface area contributed by atoms with Crippen LogP contribution in [0.4, 0.5) is 17.2 Å². The first-order valence-corrected chi connectivity index (χ1v) is 12.3. The smallest absolute Gasteiger partial charge is 0.146 e. The molecule has 3 aliphatic heterocycles. The van der Waals surface area contributed by atoms with E-state index in [4.69, 9.17) is 4.74 Å². The van der Waals surface area contributed by atoms with Crippen LogP contribution in [0.1, 0.15) is 22.9 Å². The zero-order valence-corrected chi connectivity index (χ0v) is 18.9. The SMILES string of the molecule is Cc1cc(-c2cnc(C3CNC3)nc2)cc2c1OCc1c(N3CCSCC3)ccnc1N2. The molecule has 5 heterocycles. The Labute approximate surface area is 192 Å². The van der Waals surface area contributed by atoms with Gasteiger partial charge in [0.25, 0.3) is 0 Å². The van der Waals surface area contributed by atoms with E-state index in [0.717, 1.165) is 83.0 Å². The molecule has 2 aromatic heterocycles. The predicted molar refractivity (Wildman–Crippen MR) is 129 cm³/mol. The first kappa shape index (κ1) is 19.8. The number of pyridine rings is 1. The van der Waals surface area contributed by atoms with Gasteiger partial charge in [-0.3, -0.25) is 0 Å². The molecule has 1 aromatic carbocycles. The van der Waals surface area contributed by atoms with Crippen LogP contribution in [-0.2, 0) is 6.61 Å². The highest BCUT2D eigenvalue weighted by atomic mass is 32.2. The molecule has 8 heteroatoms. The van der Waals surface area contributed by atoms with Gasteiger partial charge in [0.1, 0.15) is 24.0 Å². The maximum Gasteiger partial charge on any atom is 0.146 e. The van der Waals surface area contributed by atoms with Crippen molar-refractivity contribution in [2.24, 2.45) is 0 Å². The first-order chi connectivity index (χ1) is 15.8. The van der Waals surface area contributed by atoms with Crippen molar-refractivity contribution in [3.8, 4) is 16.9 Å². The average Bonchev–Trinajstić information content (AvgIpc) is 2.98. The predicted octanol–water partition coefficient (Wildman–Crippen LogP) is 3.72. The number of thioether (sulfide) groups is 1. The number of ether oxygens (including phenoxy) is 1. The molecule has 0 amide bonds. The Balaban J connectivity index is 1.33. The molecule has 0 radical (unpaired) electrons. The minimum absolute atomic E-state index is 0.433. The van der Waals surface area contributed by atoms with Gasteiger partial charge in [0, 0.05) is 73.4 Å². The average molecular weight is 447 g/mol. The van der Waals surface area contributed by atoms with Crippen molar-refractivity contribution in [3.05, 3.63) is 53.7 Å². The molecule has 0 spiro atoms. The monoisotopic (exact) mass is 446 g/mol. The molecule has 3 aromatic rings. The van der Waals surface area contributed by atoms with Crippen LogP contribution in [0.3, 0.4) is 0 Å². The van der Waals surface area contributed by atoms with Crippen LogP contribution in [0.15, 0.2) is 36.8 Å². The number of hydrogen-bond acceptors (Lipinski definition) is 8. The topological polar surface area (TPSA) is 75.2 Å². The summed E-state index contributed by atoms with van der Waals surface area (Å²) in [6.07, 6.45) is 5.75. The summed E-state index contributed by atoms with van der Waals surface area (Å²) in [6.45, 7) is 6.64. The second-order valence-electron chi connectivity index (χ2n) is 8.53. The van der Waals surface area contributed by atoms with Crippen LogP contribution in [0.25, 0.3) is 11.1 Å². The van der Waals surface area contributed by atoms with Gasteiger partial charge in [-0.15, -0.1) is 0 Å². The number of fused-ring (bicyclic) bond motifs is 2. The lowest BCUT2D eigenvalue weighted by atomic mass is 10.0. The quantitative estimate of drug-likeness (QED) is 0.631. The summed E-state index contributed by atoms with van der Waals surface area (Å²) in [5.74, 6) is 5.42. The summed E-state index contributed by atoms with van der Waals surface area (Å²) in [6, 6.07) is 6.38. The third-order valence-corrected chi connectivity index (χ3v) is 7.37. The van der Waals surface area contributed by atoms with Crippen LogP contribution < -0.4 is 20.3 Å². The van der Waals surface area contributed by atoms with Gasteiger partial charge in [0.05, 0.1) is 11.3 Å². The Kier molecular flexibility index (Phi) is 5.11. The van der Waals surface area contributed by atoms with Crippen LogP contribution in [0, 0.1) is 6.92 Å². The highest BCUT2D eigenvalue weighted by Gasteiger charge is 2.24. The van der Waals surface area contributed by atoms with Gasteiger partial charge in [-0.25, -0.2) is 15.0 Å². The van der Waals surface area contributed by atoms with Gasteiger partial charge in [0.15, 0.2) is 0 Å². The number of aryl methyl sites for hydroxylation is 1. The summed E-state index contributed by atoms with van der Waals surface area (Å²) in [5, 5.41) is 6.84. The van der Waals surface area contributed by atoms with E-state index in [1.54, 1.807) is 0 Å². The number of aromatic nitrogens is 3. The molecule has 0 bridgehead atoms. The van der Waals surface area contributed by atoms with Gasteiger partial charge in [-0.2, -0.15) is 11.8 Å². The second-order valence-corrected chi connectivity index (χ2v) is 9.75. The van der Waals surface area contributed by atoms with E-state index in [9.17, 15) is 0 Å². The second kappa shape index (κ2) is 8.26. The number of nitrogens with one attached hydrogen (secondary N) is 2. The zero-order valence-electron chi connectivity index (χ0n) is 18.1. The highest BCUT2D eigenvalue weighted by molar-refractivity contribution is 7.99. The summed E-state index contributed by atoms with van der Waals surface area (Å²) < 4.78 is 6.33. The first-order valence-electron chi connectivity index (χ1n) is 11.1. The van der Waals surface area contributed by atoms with E-state index in [1.165, 1.54) is 5.69 Å². The minimum atomic E-state index is 0.433. The maximum absolute atomic E-state index is 6.33. The molecular formula is C24H26N6OS. The lowest BCUT2D eigenvalue weighted by molar-refractivity contribution is 0.308. The van der Waals surface area contributed by atoms with Crippen LogP contribution in [-0.4, -0.2) is 52.6 Å². The van der Waals surface area contributed by atoms with E-state index in [0.29, 0.717) is 12.5 Å². The molecular weight excluding hydrogens is 420 g/mol. The molecule has 6 rings (SSSR count). The summed E-state index contributed by atoms with van der Waals surface area (Å²) >= 11 is 2.02. The fraction of sp³-hybridized carbons (Fsp3) is 0.375. The van der Waals surface area contributed by atoms with E-state index in [2.05, 4.69) is 55.6 Å². The fourth-order valence-corrected chi connectivity index (χ4v) is 5.40. The summed E-state index contributed by atoms with van der Waals surface area (Å²) in [4.78, 5) is 16.3. The highest BCUT2D eigenvalue weighted by Crippen LogP contribution is 2.41. The lowest BCUT2D eigenvalue weighted by Crippen LogP contribution is -2.40. The number of rotatable bonds is 3. The standard InChI is InChI=1S/C24H26N6OS/c1-15-8-16(17-12-27-23(28-13-17)18-10-25-11-18)9-20-22(15)31-14-19-21(2-3-26-24(19)29-20)30-4-6-32-7-5-30/h2-3,8-9,12-13,18,25H,4-7,10-11,14H2,1H3,(H,26,29). The number of benzene rings is 1. The van der Waals surface area contributed by atoms with Crippen LogP contribution >= 0.6 is 11.8 Å². The zero-order chi connectivity index (χ0) is 21.5. The molecule has 2 fully saturated rings. The molecule has 0 aliphatic carbocycles. The van der Waals surface area contributed by atoms with Gasteiger partial charge in [-0.05, 0) is 36.2 Å². The van der Waals surface area contributed by atoms with Crippen molar-refractivity contribution in [2.75, 3.05) is 47.9 Å². The van der Waals surface area contributed by atoms with Crippen molar-refractivity contribution in [1.82, 2.24) is 20.3 Å². The molecule has 2 saturated heterocycles.